The van der Waals surface area contributed by atoms with E-state index >= 15 is 0 Å². The maximum atomic E-state index is 13.9. The van der Waals surface area contributed by atoms with Crippen LogP contribution in [0.3, 0.4) is 0 Å². The van der Waals surface area contributed by atoms with E-state index < -0.39 is 65.5 Å². The lowest BCUT2D eigenvalue weighted by Gasteiger charge is -2.36. The molecule has 26 heteroatoms. The van der Waals surface area contributed by atoms with Crippen molar-refractivity contribution in [3.8, 4) is 69.7 Å². The minimum Gasteiger partial charge on any atom is -0.494 e. The normalized spacial score (nSPS) is 17.3. The Kier molecular flexibility index (Phi) is 17.0. The van der Waals surface area contributed by atoms with E-state index in [1.165, 1.54) is 52.7 Å². The molecule has 2 saturated heterocycles. The molecule has 0 saturated carbocycles. The highest BCUT2D eigenvalue weighted by molar-refractivity contribution is 7.91. The summed E-state index contributed by atoms with van der Waals surface area (Å²) < 4.78 is 120. The minimum absolute atomic E-state index is 0.00148. The molecular weight excluding hydrogens is 1110 g/mol. The number of nitrogens with zero attached hydrogens (tertiary/aromatic N) is 10. The van der Waals surface area contributed by atoms with Gasteiger partial charge in [0.15, 0.2) is 42.8 Å². The smallest absolute Gasteiger partial charge is 0.204 e. The van der Waals surface area contributed by atoms with Crippen molar-refractivity contribution in [1.29, 1.82) is 10.5 Å². The van der Waals surface area contributed by atoms with Crippen molar-refractivity contribution in [2.75, 3.05) is 64.4 Å². The summed E-state index contributed by atoms with van der Waals surface area (Å²) in [6.45, 7) is 3.90. The number of aliphatic hydroxyl groups excluding tert-OH is 2. The van der Waals surface area contributed by atoms with Gasteiger partial charge in [-0.05, 0) is 112 Å². The topological polar surface area (TPSA) is 287 Å². The van der Waals surface area contributed by atoms with Gasteiger partial charge in [0.25, 0.3) is 0 Å². The predicted octanol–water partition coefficient (Wildman–Crippen LogP) is 6.84. The number of para-hydroxylation sites is 2. The van der Waals surface area contributed by atoms with Gasteiger partial charge in [-0.1, -0.05) is 12.1 Å². The van der Waals surface area contributed by atoms with Gasteiger partial charge in [0, 0.05) is 37.6 Å². The molecule has 4 aromatic heterocycles. The Hall–Kier alpha value is -8.82. The van der Waals surface area contributed by atoms with Crippen LogP contribution >= 0.6 is 0 Å². The van der Waals surface area contributed by atoms with Gasteiger partial charge in [-0.25, -0.2) is 25.6 Å². The van der Waals surface area contributed by atoms with Crippen LogP contribution in [0.4, 0.5) is 20.2 Å². The lowest BCUT2D eigenvalue weighted by molar-refractivity contribution is 0.155. The predicted molar refractivity (Wildman–Crippen MR) is 295 cm³/mol. The molecule has 4 aromatic carbocycles. The summed E-state index contributed by atoms with van der Waals surface area (Å²) >= 11 is 0. The Labute approximate surface area is 470 Å². The van der Waals surface area contributed by atoms with E-state index in [0.717, 1.165) is 12.1 Å². The summed E-state index contributed by atoms with van der Waals surface area (Å²) in [7, 11) is -1.94. The summed E-state index contributed by atoms with van der Waals surface area (Å²) in [4.78, 5) is 3.28. The van der Waals surface area contributed by atoms with E-state index in [2.05, 4.69) is 20.4 Å². The number of rotatable bonds is 16. The molecule has 2 fully saturated rings. The Morgan fingerprint density at radius 1 is 0.561 bits per heavy atom. The third-order valence-electron chi connectivity index (χ3n) is 14.0. The van der Waals surface area contributed by atoms with E-state index in [9.17, 15) is 46.4 Å². The molecular formula is C56H56F2N10O12S2. The molecule has 2 aliphatic heterocycles. The number of halogens is 2. The second-order valence-electron chi connectivity index (χ2n) is 19.4. The number of piperidine rings is 2. The third-order valence-corrected chi connectivity index (χ3v) is 18.0. The molecule has 0 spiro atoms. The first-order valence-corrected chi connectivity index (χ1v) is 28.9. The molecule has 10 rings (SSSR count). The second kappa shape index (κ2) is 24.1. The van der Waals surface area contributed by atoms with Crippen LogP contribution in [-0.4, -0.2) is 134 Å². The Morgan fingerprint density at radius 2 is 0.927 bits per heavy atom. The number of aryl methyl sites for hydroxylation is 2. The molecule has 0 bridgehead atoms. The van der Waals surface area contributed by atoms with Crippen LogP contribution in [0.2, 0.25) is 0 Å². The molecule has 0 amide bonds. The molecule has 82 heavy (non-hydrogen) atoms. The number of hydrogen-bond donors (Lipinski definition) is 2. The van der Waals surface area contributed by atoms with Crippen LogP contribution < -0.4 is 28.7 Å². The van der Waals surface area contributed by atoms with Crippen molar-refractivity contribution in [3.05, 3.63) is 143 Å². The molecule has 0 aliphatic carbocycles. The first kappa shape index (κ1) is 57.9. The number of β-amino-alcohol motifs (C(OH)–C–C–N with tert-alkyl or cyclic N) is 2. The summed E-state index contributed by atoms with van der Waals surface area (Å²) in [6.07, 6.45) is -1.93. The van der Waals surface area contributed by atoms with Gasteiger partial charge in [-0.15, -0.1) is 20.4 Å². The highest BCUT2D eigenvalue weighted by Gasteiger charge is 2.39. The number of furan rings is 2. The van der Waals surface area contributed by atoms with Crippen molar-refractivity contribution >= 4 is 31.0 Å². The molecule has 22 nitrogen and oxygen atoms in total. The Bertz CT molecular complexity index is 3660. The quantitative estimate of drug-likeness (QED) is 0.100. The first-order valence-electron chi connectivity index (χ1n) is 25.4. The van der Waals surface area contributed by atoms with E-state index in [0.29, 0.717) is 68.8 Å². The monoisotopic (exact) mass is 1160 g/mol. The van der Waals surface area contributed by atoms with E-state index in [1.54, 1.807) is 106 Å². The highest BCUT2D eigenvalue weighted by Crippen LogP contribution is 2.40. The zero-order valence-corrected chi connectivity index (χ0v) is 46.9. The van der Waals surface area contributed by atoms with E-state index in [-0.39, 0.29) is 73.4 Å². The lowest BCUT2D eigenvalue weighted by Crippen LogP contribution is -2.49. The number of sulfone groups is 2. The molecule has 0 radical (unpaired) electrons. The molecule has 428 valence electrons. The van der Waals surface area contributed by atoms with Gasteiger partial charge in [-0.3, -0.25) is 9.13 Å². The number of aromatic nitrogens is 6. The van der Waals surface area contributed by atoms with Crippen molar-refractivity contribution < 1.29 is 63.6 Å². The zero-order chi connectivity index (χ0) is 58.6. The zero-order valence-electron chi connectivity index (χ0n) is 45.2. The number of anilines is 2. The largest absolute Gasteiger partial charge is 0.494 e. The fourth-order valence-corrected chi connectivity index (χ4v) is 13.4. The number of methoxy groups -OCH3 is 4. The maximum Gasteiger partial charge on any atom is 0.204 e. The van der Waals surface area contributed by atoms with Crippen molar-refractivity contribution in [3.63, 3.8) is 0 Å². The Morgan fingerprint density at radius 3 is 1.24 bits per heavy atom. The minimum atomic E-state index is -3.94. The SMILES string of the molecule is COc1cccc(OC)c1-n1c(CS(=O)(=O)[C@@H]2C[C@H](O)CN(c3ccc(F)c(C#N)c3)C2)nnc1-c1ccc(C)o1.COc1cccc(OC)c1-n1c(CS(=O)(=O)[C@H]2C[C@@H](O)CN(c3ccc(F)c(C#N)c3)C2)nnc1-c1ccc(C)o1. The number of benzene rings is 4. The summed E-state index contributed by atoms with van der Waals surface area (Å²) in [5.74, 6) is 1.93. The molecule has 8 aromatic rings. The van der Waals surface area contributed by atoms with Crippen LogP contribution in [0.1, 0.15) is 47.1 Å². The standard InChI is InChI=1S/2C28H28FN5O6S/c2*1-17-7-10-25(40-17)28-32-31-26(34(28)27-23(38-2)5-4-6-24(27)39-3)16-41(36,37)21-12-20(35)14-33(15-21)19-8-9-22(29)18(11-19)13-30/h2*4-11,20-21,35H,12,14-16H2,1-3H3/t2*20-,21+/m10/s1. The van der Waals surface area contributed by atoms with Crippen LogP contribution in [0.5, 0.6) is 23.0 Å². The summed E-state index contributed by atoms with van der Waals surface area (Å²) in [6, 6.07) is 28.8. The molecule has 0 unspecified atom stereocenters. The summed E-state index contributed by atoms with van der Waals surface area (Å²) in [5, 5.41) is 54.8. The fourth-order valence-electron chi connectivity index (χ4n) is 10.0. The van der Waals surface area contributed by atoms with Gasteiger partial charge in [0.2, 0.25) is 11.6 Å². The van der Waals surface area contributed by atoms with Crippen LogP contribution in [-0.2, 0) is 31.2 Å². The fraction of sp³-hybridized carbons (Fsp3) is 0.321. The number of nitriles is 2. The highest BCUT2D eigenvalue weighted by atomic mass is 32.2. The van der Waals surface area contributed by atoms with Crippen molar-refractivity contribution in [2.45, 2.75) is 60.9 Å². The van der Waals surface area contributed by atoms with Gasteiger partial charge < -0.3 is 47.8 Å². The van der Waals surface area contributed by atoms with Crippen LogP contribution in [0, 0.1) is 48.1 Å². The average molecular weight is 1160 g/mol. The lowest BCUT2D eigenvalue weighted by atomic mass is 10.1. The van der Waals surface area contributed by atoms with Gasteiger partial charge in [-0.2, -0.15) is 10.5 Å². The number of hydrogen-bond acceptors (Lipinski definition) is 20. The van der Waals surface area contributed by atoms with E-state index in [1.807, 2.05) is 0 Å². The van der Waals surface area contributed by atoms with Gasteiger partial charge >= 0.3 is 0 Å². The molecule has 2 N–H and O–H groups in total. The van der Waals surface area contributed by atoms with Crippen molar-refractivity contribution in [2.24, 2.45) is 0 Å². The second-order valence-corrected chi connectivity index (χ2v) is 24.0. The van der Waals surface area contributed by atoms with Gasteiger partial charge in [0.1, 0.15) is 81.2 Å². The molecule has 6 heterocycles. The van der Waals surface area contributed by atoms with Crippen molar-refractivity contribution in [1.82, 2.24) is 29.5 Å². The molecule has 4 atom stereocenters. The summed E-state index contributed by atoms with van der Waals surface area (Å²) in [5.41, 5.74) is 1.36. The molecule has 2 aliphatic rings. The van der Waals surface area contributed by atoms with E-state index in [4.69, 9.17) is 27.8 Å². The van der Waals surface area contributed by atoms with Crippen LogP contribution in [0.25, 0.3) is 34.5 Å². The van der Waals surface area contributed by atoms with Gasteiger partial charge in [0.05, 0.1) is 62.3 Å². The number of ether oxygens (including phenoxy) is 4. The maximum absolute atomic E-state index is 13.9. The third kappa shape index (κ3) is 12.0. The first-order chi connectivity index (χ1) is 39.3. The number of aliphatic hydroxyl groups is 2. The van der Waals surface area contributed by atoms with Crippen LogP contribution in [0.15, 0.2) is 106 Å². The Balaban J connectivity index is 0.000000198. The average Bonchev–Trinajstić information content (AvgIpc) is 4.48.